The van der Waals surface area contributed by atoms with Gasteiger partial charge in [0.1, 0.15) is 18.1 Å². The third-order valence-electron chi connectivity index (χ3n) is 6.63. The molecule has 0 aromatic heterocycles. The largest absolute Gasteiger partial charge is 0.481 e. The summed E-state index contributed by atoms with van der Waals surface area (Å²) in [6, 6.07) is -5.82. The number of aliphatic hydroxyl groups is 1. The lowest BCUT2D eigenvalue weighted by Gasteiger charge is -2.30. The molecule has 0 unspecified atom stereocenters. The molecule has 43 heavy (non-hydrogen) atoms. The average molecular weight is 617 g/mol. The van der Waals surface area contributed by atoms with E-state index < -0.39 is 96.5 Å². The zero-order valence-corrected chi connectivity index (χ0v) is 25.6. The van der Waals surface area contributed by atoms with Gasteiger partial charge in [-0.05, 0) is 38.0 Å². The Morgan fingerprint density at radius 2 is 1.28 bits per heavy atom. The van der Waals surface area contributed by atoms with Crippen LogP contribution >= 0.6 is 0 Å². The van der Waals surface area contributed by atoms with E-state index in [9.17, 15) is 43.8 Å². The topological polar surface area (TPSA) is 280 Å². The van der Waals surface area contributed by atoms with Crippen LogP contribution in [0.5, 0.6) is 0 Å². The second-order valence-corrected chi connectivity index (χ2v) is 11.5. The number of aliphatic hydroxyl groups excluding tert-OH is 1. The number of hydrogen-bond acceptors (Lipinski definition) is 9. The minimum absolute atomic E-state index is 0.0188. The minimum atomic E-state index is -1.47. The zero-order valence-electron chi connectivity index (χ0n) is 25.6. The first-order chi connectivity index (χ1) is 19.8. The summed E-state index contributed by atoms with van der Waals surface area (Å²) in [5, 5.41) is 38.6. The number of aliphatic carboxylic acids is 2. The van der Waals surface area contributed by atoms with Crippen LogP contribution in [-0.4, -0.2) is 93.1 Å². The monoisotopic (exact) mass is 616 g/mol. The van der Waals surface area contributed by atoms with Crippen molar-refractivity contribution < 1.29 is 48.9 Å². The molecule has 0 aliphatic heterocycles. The van der Waals surface area contributed by atoms with Gasteiger partial charge in [0.25, 0.3) is 0 Å². The van der Waals surface area contributed by atoms with E-state index in [4.69, 9.17) is 16.6 Å². The van der Waals surface area contributed by atoms with Gasteiger partial charge in [0.2, 0.25) is 29.5 Å². The molecular formula is C27H48N6O10. The molecule has 0 heterocycles. The lowest BCUT2D eigenvalue weighted by Crippen LogP contribution is -2.57. The van der Waals surface area contributed by atoms with E-state index in [-0.39, 0.29) is 31.1 Å². The summed E-state index contributed by atoms with van der Waals surface area (Å²) < 4.78 is 0. The first-order valence-electron chi connectivity index (χ1n) is 14.1. The molecular weight excluding hydrogens is 568 g/mol. The van der Waals surface area contributed by atoms with Crippen LogP contribution in [0, 0.1) is 17.8 Å². The number of primary amides is 1. The van der Waals surface area contributed by atoms with Crippen LogP contribution < -0.4 is 32.7 Å². The molecule has 0 radical (unpaired) electrons. The van der Waals surface area contributed by atoms with Gasteiger partial charge in [0.15, 0.2) is 0 Å². The number of rotatable bonds is 20. The number of nitrogens with two attached hydrogens (primary N) is 2. The standard InChI is InChI=1S/C27H48N6O10/c1-12(2)9-17(32-25(40)18(11-20(28)35)33-26(41)22(29)13(3)4)19(34)10-14(5)23(38)30-15(6)24(39)31-16(27(42)43)7-8-21(36)37/h12-19,22,34H,7-11,29H2,1-6H3,(H2,28,35)(H,30,38)(H,31,39)(H,32,40)(H,33,41)(H,36,37)(H,42,43)/t14-,15+,16+,17+,18+,19+,22+/m1/s1. The van der Waals surface area contributed by atoms with Gasteiger partial charge in [-0.25, -0.2) is 4.79 Å². The highest BCUT2D eigenvalue weighted by Crippen LogP contribution is 2.16. The fraction of sp³-hybridized carbons (Fsp3) is 0.741. The highest BCUT2D eigenvalue weighted by Gasteiger charge is 2.32. The summed E-state index contributed by atoms with van der Waals surface area (Å²) in [6.45, 7) is 9.89. The lowest BCUT2D eigenvalue weighted by atomic mass is 9.92. The molecule has 0 saturated carbocycles. The van der Waals surface area contributed by atoms with Crippen molar-refractivity contribution in [2.45, 2.75) is 110 Å². The van der Waals surface area contributed by atoms with Crippen molar-refractivity contribution in [1.29, 1.82) is 0 Å². The normalized spacial score (nSPS) is 16.1. The molecule has 0 aromatic carbocycles. The summed E-state index contributed by atoms with van der Waals surface area (Å²) in [6.07, 6.45) is -2.48. The maximum Gasteiger partial charge on any atom is 0.326 e. The Bertz CT molecular complexity index is 1000. The molecule has 0 saturated heterocycles. The quantitative estimate of drug-likeness (QED) is 0.0734. The van der Waals surface area contributed by atoms with Crippen molar-refractivity contribution in [3.8, 4) is 0 Å². The highest BCUT2D eigenvalue weighted by atomic mass is 16.4. The number of carbonyl (C=O) groups is 7. The van der Waals surface area contributed by atoms with E-state index in [1.807, 2.05) is 13.8 Å². The van der Waals surface area contributed by atoms with Gasteiger partial charge in [0.05, 0.1) is 24.6 Å². The predicted molar refractivity (Wildman–Crippen MR) is 154 cm³/mol. The first-order valence-corrected chi connectivity index (χ1v) is 14.1. The number of carboxylic acids is 2. The van der Waals surface area contributed by atoms with Gasteiger partial charge in [-0.2, -0.15) is 0 Å². The predicted octanol–water partition coefficient (Wildman–Crippen LogP) is -1.81. The Kier molecular flexibility index (Phi) is 17.0. The molecule has 16 heteroatoms. The molecule has 246 valence electrons. The second-order valence-electron chi connectivity index (χ2n) is 11.5. The molecule has 0 rings (SSSR count). The maximum atomic E-state index is 13.1. The van der Waals surface area contributed by atoms with Crippen LogP contribution in [0.1, 0.15) is 73.6 Å². The van der Waals surface area contributed by atoms with Crippen LogP contribution in [-0.2, 0) is 33.6 Å². The SMILES string of the molecule is CC(C)C[C@H](NC(=O)[C@H](CC(N)=O)NC(=O)[C@@H](N)C(C)C)[C@@H](O)C[C@@H](C)C(=O)N[C@@H](C)C(=O)N[C@@H](CCC(=O)O)C(=O)O. The van der Waals surface area contributed by atoms with Crippen molar-refractivity contribution in [1.82, 2.24) is 21.3 Å². The van der Waals surface area contributed by atoms with Crippen molar-refractivity contribution in [3.63, 3.8) is 0 Å². The van der Waals surface area contributed by atoms with Crippen LogP contribution in [0.3, 0.4) is 0 Å². The fourth-order valence-corrected chi connectivity index (χ4v) is 3.96. The minimum Gasteiger partial charge on any atom is -0.481 e. The highest BCUT2D eigenvalue weighted by molar-refractivity contribution is 5.93. The Hall–Kier alpha value is -3.79. The van der Waals surface area contributed by atoms with Gasteiger partial charge in [0, 0.05) is 12.3 Å². The molecule has 16 nitrogen and oxygen atoms in total. The molecule has 0 aromatic rings. The van der Waals surface area contributed by atoms with E-state index >= 15 is 0 Å². The molecule has 0 bridgehead atoms. The summed E-state index contributed by atoms with van der Waals surface area (Å²) in [7, 11) is 0. The van der Waals surface area contributed by atoms with Crippen LogP contribution in [0.4, 0.5) is 0 Å². The fourth-order valence-electron chi connectivity index (χ4n) is 3.96. The van der Waals surface area contributed by atoms with Crippen molar-refractivity contribution in [3.05, 3.63) is 0 Å². The van der Waals surface area contributed by atoms with Crippen molar-refractivity contribution in [2.24, 2.45) is 29.2 Å². The van der Waals surface area contributed by atoms with Gasteiger partial charge in [-0.3, -0.25) is 28.8 Å². The van der Waals surface area contributed by atoms with Crippen LogP contribution in [0.15, 0.2) is 0 Å². The van der Waals surface area contributed by atoms with Crippen molar-refractivity contribution in [2.75, 3.05) is 0 Å². The van der Waals surface area contributed by atoms with Crippen molar-refractivity contribution >= 4 is 41.5 Å². The van der Waals surface area contributed by atoms with E-state index in [2.05, 4.69) is 21.3 Å². The molecule has 0 aliphatic carbocycles. The van der Waals surface area contributed by atoms with Gasteiger partial charge < -0.3 is 48.1 Å². The Labute approximate surface area is 251 Å². The zero-order chi connectivity index (χ0) is 33.6. The van der Waals surface area contributed by atoms with E-state index in [1.165, 1.54) is 13.8 Å². The van der Waals surface area contributed by atoms with Gasteiger partial charge in [-0.15, -0.1) is 0 Å². The number of nitrogens with one attached hydrogen (secondary N) is 4. The molecule has 5 amide bonds. The van der Waals surface area contributed by atoms with Gasteiger partial charge >= 0.3 is 11.9 Å². The number of amides is 5. The van der Waals surface area contributed by atoms with Gasteiger partial charge in [-0.1, -0.05) is 34.6 Å². The molecule has 7 atom stereocenters. The number of carbonyl (C=O) groups excluding carboxylic acids is 5. The van der Waals surface area contributed by atoms with E-state index in [0.717, 1.165) is 0 Å². The number of hydrogen-bond donors (Lipinski definition) is 9. The van der Waals surface area contributed by atoms with E-state index in [1.54, 1.807) is 13.8 Å². The molecule has 0 spiro atoms. The Balaban J connectivity index is 5.44. The maximum absolute atomic E-state index is 13.1. The summed E-state index contributed by atoms with van der Waals surface area (Å²) in [5.41, 5.74) is 11.1. The Morgan fingerprint density at radius 3 is 1.74 bits per heavy atom. The summed E-state index contributed by atoms with van der Waals surface area (Å²) in [5.74, 6) is -7.56. The summed E-state index contributed by atoms with van der Waals surface area (Å²) in [4.78, 5) is 84.4. The van der Waals surface area contributed by atoms with Crippen LogP contribution in [0.25, 0.3) is 0 Å². The Morgan fingerprint density at radius 1 is 0.721 bits per heavy atom. The molecule has 11 N–H and O–H groups in total. The van der Waals surface area contributed by atoms with E-state index in [0.29, 0.717) is 0 Å². The smallest absolute Gasteiger partial charge is 0.326 e. The first kappa shape index (κ1) is 39.2. The third-order valence-corrected chi connectivity index (χ3v) is 6.63. The summed E-state index contributed by atoms with van der Waals surface area (Å²) >= 11 is 0. The molecule has 0 aliphatic rings. The number of carboxylic acid groups (broad SMARTS) is 2. The third kappa shape index (κ3) is 15.3. The lowest BCUT2D eigenvalue weighted by molar-refractivity contribution is -0.143. The second kappa shape index (κ2) is 18.7. The molecule has 0 fully saturated rings. The average Bonchev–Trinajstić information content (AvgIpc) is 2.88. The van der Waals surface area contributed by atoms with Crippen LogP contribution in [0.2, 0.25) is 0 Å².